The number of rotatable bonds is 4. The molecule has 0 aromatic carbocycles. The van der Waals surface area contributed by atoms with E-state index in [1.807, 2.05) is 12.4 Å². The van der Waals surface area contributed by atoms with Gasteiger partial charge in [-0.05, 0) is 31.5 Å². The van der Waals surface area contributed by atoms with E-state index in [-0.39, 0.29) is 17.4 Å². The molecule has 2 aromatic rings. The number of carboxylic acid groups (broad SMARTS) is 1. The Morgan fingerprint density at radius 3 is 3.10 bits per heavy atom. The van der Waals surface area contributed by atoms with Crippen LogP contribution in [-0.4, -0.2) is 51.4 Å². The van der Waals surface area contributed by atoms with Crippen molar-refractivity contribution in [2.75, 3.05) is 25.9 Å². The van der Waals surface area contributed by atoms with Crippen molar-refractivity contribution in [3.8, 4) is 0 Å². The minimum Gasteiger partial charge on any atom is -0.481 e. The van der Waals surface area contributed by atoms with Crippen LogP contribution in [-0.2, 0) is 4.79 Å². The van der Waals surface area contributed by atoms with Gasteiger partial charge in [-0.3, -0.25) is 14.2 Å². The van der Waals surface area contributed by atoms with E-state index >= 15 is 0 Å². The molecular weight excluding hydrogens is 310 g/mol. The average molecular weight is 325 g/mol. The third-order valence-electron chi connectivity index (χ3n) is 3.55. The number of hydrogen-bond donors (Lipinski definition) is 1. The topological polar surface area (TPSA) is 75.4 Å². The van der Waals surface area contributed by atoms with E-state index in [1.165, 1.54) is 11.3 Å². The lowest BCUT2D eigenvalue weighted by atomic mass is 10.2. The van der Waals surface area contributed by atoms with Gasteiger partial charge in [-0.15, -0.1) is 11.3 Å². The van der Waals surface area contributed by atoms with Gasteiger partial charge in [0.1, 0.15) is 4.83 Å². The minimum absolute atomic E-state index is 0.0607. The van der Waals surface area contributed by atoms with Gasteiger partial charge in [0, 0.05) is 6.54 Å². The van der Waals surface area contributed by atoms with Gasteiger partial charge in [0.25, 0.3) is 5.56 Å². The number of thiophene rings is 1. The third kappa shape index (κ3) is 2.83. The Morgan fingerprint density at radius 1 is 1.62 bits per heavy atom. The SMILES string of the molecule is CN1CCC(n2c(SCC(=O)O)nc3sccc3c2=O)C1. The van der Waals surface area contributed by atoms with Crippen LogP contribution in [0.5, 0.6) is 0 Å². The number of nitrogens with zero attached hydrogens (tertiary/aromatic N) is 3. The van der Waals surface area contributed by atoms with Crippen molar-refractivity contribution in [2.45, 2.75) is 17.6 Å². The summed E-state index contributed by atoms with van der Waals surface area (Å²) in [5, 5.41) is 11.8. The van der Waals surface area contributed by atoms with Crippen LogP contribution in [0.1, 0.15) is 12.5 Å². The molecule has 0 saturated carbocycles. The summed E-state index contributed by atoms with van der Waals surface area (Å²) < 4.78 is 1.69. The molecule has 1 aliphatic rings. The van der Waals surface area contributed by atoms with Gasteiger partial charge in [0.2, 0.25) is 0 Å². The summed E-state index contributed by atoms with van der Waals surface area (Å²) in [6.45, 7) is 1.72. The highest BCUT2D eigenvalue weighted by Gasteiger charge is 2.26. The molecule has 1 N–H and O–H groups in total. The van der Waals surface area contributed by atoms with Crippen molar-refractivity contribution in [3.05, 3.63) is 21.8 Å². The Hall–Kier alpha value is -1.38. The minimum atomic E-state index is -0.907. The largest absolute Gasteiger partial charge is 0.481 e. The molecule has 112 valence electrons. The van der Waals surface area contributed by atoms with E-state index in [2.05, 4.69) is 9.88 Å². The first-order valence-corrected chi connectivity index (χ1v) is 8.45. The summed E-state index contributed by atoms with van der Waals surface area (Å²) >= 11 is 2.52. The van der Waals surface area contributed by atoms with E-state index in [1.54, 1.807) is 10.6 Å². The normalized spacial score (nSPS) is 19.4. The molecule has 2 aromatic heterocycles. The van der Waals surface area contributed by atoms with Crippen LogP contribution in [0.3, 0.4) is 0 Å². The molecule has 3 heterocycles. The molecule has 3 rings (SSSR count). The molecule has 8 heteroatoms. The second-order valence-corrected chi connectivity index (χ2v) is 6.93. The van der Waals surface area contributed by atoms with Crippen molar-refractivity contribution in [1.82, 2.24) is 14.5 Å². The Kier molecular flexibility index (Phi) is 4.01. The molecule has 6 nitrogen and oxygen atoms in total. The molecule has 0 aliphatic carbocycles. The number of carbonyl (C=O) groups is 1. The van der Waals surface area contributed by atoms with Crippen LogP contribution >= 0.6 is 23.1 Å². The molecular formula is C13H15N3O3S2. The molecule has 0 spiro atoms. The highest BCUT2D eigenvalue weighted by molar-refractivity contribution is 7.99. The number of likely N-dealkylation sites (tertiary alicyclic amines) is 1. The maximum absolute atomic E-state index is 12.7. The van der Waals surface area contributed by atoms with Crippen LogP contribution in [0.2, 0.25) is 0 Å². The van der Waals surface area contributed by atoms with Crippen molar-refractivity contribution < 1.29 is 9.90 Å². The molecule has 1 unspecified atom stereocenters. The predicted molar refractivity (Wildman–Crippen MR) is 83.4 cm³/mol. The number of hydrogen-bond acceptors (Lipinski definition) is 6. The van der Waals surface area contributed by atoms with Crippen molar-refractivity contribution >= 4 is 39.3 Å². The molecule has 0 bridgehead atoms. The highest BCUT2D eigenvalue weighted by atomic mass is 32.2. The van der Waals surface area contributed by atoms with Gasteiger partial charge < -0.3 is 10.0 Å². The molecule has 1 fully saturated rings. The average Bonchev–Trinajstić information content (AvgIpc) is 3.05. The van der Waals surface area contributed by atoms with Crippen LogP contribution in [0, 0.1) is 0 Å². The lowest BCUT2D eigenvalue weighted by Crippen LogP contribution is -2.29. The van der Waals surface area contributed by atoms with E-state index in [9.17, 15) is 9.59 Å². The first-order valence-electron chi connectivity index (χ1n) is 6.59. The van der Waals surface area contributed by atoms with Gasteiger partial charge in [0.15, 0.2) is 5.16 Å². The Balaban J connectivity index is 2.09. The van der Waals surface area contributed by atoms with Crippen molar-refractivity contribution in [1.29, 1.82) is 0 Å². The number of likely N-dealkylation sites (N-methyl/N-ethyl adjacent to an activating group) is 1. The molecule has 1 saturated heterocycles. The van der Waals surface area contributed by atoms with Gasteiger partial charge in [-0.1, -0.05) is 11.8 Å². The van der Waals surface area contributed by atoms with Crippen molar-refractivity contribution in [3.63, 3.8) is 0 Å². The van der Waals surface area contributed by atoms with Crippen LogP contribution in [0.15, 0.2) is 21.4 Å². The molecule has 0 radical (unpaired) electrons. The Morgan fingerprint density at radius 2 is 2.43 bits per heavy atom. The zero-order valence-electron chi connectivity index (χ0n) is 11.5. The molecule has 0 amide bonds. The number of aromatic nitrogens is 2. The van der Waals surface area contributed by atoms with Gasteiger partial charge >= 0.3 is 5.97 Å². The van der Waals surface area contributed by atoms with Gasteiger partial charge in [0.05, 0.1) is 17.2 Å². The maximum Gasteiger partial charge on any atom is 0.313 e. The Bertz CT molecular complexity index is 740. The van der Waals surface area contributed by atoms with Crippen molar-refractivity contribution in [2.24, 2.45) is 0 Å². The number of fused-ring (bicyclic) bond motifs is 1. The fourth-order valence-corrected chi connectivity index (χ4v) is 4.17. The predicted octanol–water partition coefficient (Wildman–Crippen LogP) is 1.51. The van der Waals surface area contributed by atoms with Crippen LogP contribution in [0.4, 0.5) is 0 Å². The first-order chi connectivity index (χ1) is 10.1. The molecule has 21 heavy (non-hydrogen) atoms. The second-order valence-electron chi connectivity index (χ2n) is 5.10. The smallest absolute Gasteiger partial charge is 0.313 e. The first kappa shape index (κ1) is 14.6. The maximum atomic E-state index is 12.7. The lowest BCUT2D eigenvalue weighted by molar-refractivity contribution is -0.133. The van der Waals surface area contributed by atoms with Crippen LogP contribution < -0.4 is 5.56 Å². The number of thioether (sulfide) groups is 1. The van der Waals surface area contributed by atoms with E-state index in [0.717, 1.165) is 31.3 Å². The summed E-state index contributed by atoms with van der Waals surface area (Å²) in [6, 6.07) is 1.85. The third-order valence-corrected chi connectivity index (χ3v) is 5.30. The van der Waals surface area contributed by atoms with E-state index in [4.69, 9.17) is 5.11 Å². The summed E-state index contributed by atoms with van der Waals surface area (Å²) in [5.41, 5.74) is -0.0607. The van der Waals surface area contributed by atoms with Gasteiger partial charge in [-0.2, -0.15) is 0 Å². The zero-order chi connectivity index (χ0) is 15.0. The molecule has 1 atom stereocenters. The highest BCUT2D eigenvalue weighted by Crippen LogP contribution is 2.27. The van der Waals surface area contributed by atoms with E-state index in [0.29, 0.717) is 15.4 Å². The molecule has 1 aliphatic heterocycles. The Labute approximate surface area is 129 Å². The summed E-state index contributed by atoms with van der Waals surface area (Å²) in [6.07, 6.45) is 0.883. The van der Waals surface area contributed by atoms with Gasteiger partial charge in [-0.25, -0.2) is 4.98 Å². The monoisotopic (exact) mass is 325 g/mol. The van der Waals surface area contributed by atoms with Crippen LogP contribution in [0.25, 0.3) is 10.2 Å². The number of aliphatic carboxylic acids is 1. The summed E-state index contributed by atoms with van der Waals surface area (Å²) in [7, 11) is 2.02. The second kappa shape index (κ2) is 5.78. The quantitative estimate of drug-likeness (QED) is 0.678. The standard InChI is InChI=1S/C13H15N3O3S2/c1-15-4-2-8(6-15)16-12(19)9-3-5-20-11(9)14-13(16)21-7-10(17)18/h3,5,8H,2,4,6-7H2,1H3,(H,17,18). The fraction of sp³-hybridized carbons (Fsp3) is 0.462. The summed E-state index contributed by atoms with van der Waals surface area (Å²) in [5.74, 6) is -0.998. The fourth-order valence-electron chi connectivity index (χ4n) is 2.58. The summed E-state index contributed by atoms with van der Waals surface area (Å²) in [4.78, 5) is 30.9. The zero-order valence-corrected chi connectivity index (χ0v) is 13.1. The lowest BCUT2D eigenvalue weighted by Gasteiger charge is -2.17. The number of carboxylic acids is 1. The van der Waals surface area contributed by atoms with E-state index < -0.39 is 5.97 Å².